The van der Waals surface area contributed by atoms with Crippen molar-refractivity contribution in [2.75, 3.05) is 0 Å². The van der Waals surface area contributed by atoms with E-state index in [0.717, 1.165) is 10.0 Å². The van der Waals surface area contributed by atoms with Crippen LogP contribution in [0.2, 0.25) is 0 Å². The fourth-order valence-corrected chi connectivity index (χ4v) is 3.14. The molecule has 2 aromatic carbocycles. The Bertz CT molecular complexity index is 613. The van der Waals surface area contributed by atoms with Gasteiger partial charge in [0.05, 0.1) is 5.56 Å². The minimum absolute atomic E-state index is 0.214. The Balaban J connectivity index is 2.19. The maximum atomic E-state index is 11.1. The van der Waals surface area contributed by atoms with Crippen LogP contribution in [0.25, 0.3) is 0 Å². The van der Waals surface area contributed by atoms with Crippen molar-refractivity contribution < 1.29 is 15.0 Å². The summed E-state index contributed by atoms with van der Waals surface area (Å²) in [6.07, 6.45) is 0. The highest BCUT2D eigenvalue weighted by Crippen LogP contribution is 2.30. The highest BCUT2D eigenvalue weighted by Gasteiger charge is 2.11. The standard InChI is InChI=1S/C14H11BrO3S/c15-10-4-5-12(14(17)18)13(7-10)19-8-9-2-1-3-11(16)6-9/h1-7,16H,8H2,(H,17,18). The molecule has 0 saturated heterocycles. The Morgan fingerprint density at radius 3 is 2.68 bits per heavy atom. The molecule has 0 radical (unpaired) electrons. The van der Waals surface area contributed by atoms with Crippen molar-refractivity contribution in [3.8, 4) is 5.75 Å². The summed E-state index contributed by atoms with van der Waals surface area (Å²) in [6.45, 7) is 0. The fraction of sp³-hybridized carbons (Fsp3) is 0.0714. The van der Waals surface area contributed by atoms with Gasteiger partial charge in [0.2, 0.25) is 0 Å². The van der Waals surface area contributed by atoms with Crippen molar-refractivity contribution >= 4 is 33.7 Å². The van der Waals surface area contributed by atoms with Crippen LogP contribution in [0.4, 0.5) is 0 Å². The van der Waals surface area contributed by atoms with Crippen LogP contribution in [0.1, 0.15) is 15.9 Å². The SMILES string of the molecule is O=C(O)c1ccc(Br)cc1SCc1cccc(O)c1. The van der Waals surface area contributed by atoms with Gasteiger partial charge in [0.1, 0.15) is 5.75 Å². The summed E-state index contributed by atoms with van der Waals surface area (Å²) >= 11 is 4.77. The zero-order valence-electron chi connectivity index (χ0n) is 9.84. The monoisotopic (exact) mass is 338 g/mol. The summed E-state index contributed by atoms with van der Waals surface area (Å²) in [5.41, 5.74) is 1.23. The molecular weight excluding hydrogens is 328 g/mol. The molecule has 0 aliphatic carbocycles. The molecule has 0 unspecified atom stereocenters. The van der Waals surface area contributed by atoms with Gasteiger partial charge < -0.3 is 10.2 Å². The molecule has 0 heterocycles. The summed E-state index contributed by atoms with van der Waals surface area (Å²) in [7, 11) is 0. The number of carboxylic acid groups (broad SMARTS) is 1. The summed E-state index contributed by atoms with van der Waals surface area (Å²) in [6, 6.07) is 12.0. The van der Waals surface area contributed by atoms with E-state index in [2.05, 4.69) is 15.9 Å². The lowest BCUT2D eigenvalue weighted by atomic mass is 10.2. The molecular formula is C14H11BrO3S. The summed E-state index contributed by atoms with van der Waals surface area (Å²) < 4.78 is 0.843. The second kappa shape index (κ2) is 6.12. The lowest BCUT2D eigenvalue weighted by Crippen LogP contribution is -1.98. The first kappa shape index (κ1) is 14.0. The zero-order chi connectivity index (χ0) is 13.8. The normalized spacial score (nSPS) is 10.4. The summed E-state index contributed by atoms with van der Waals surface area (Å²) in [5, 5.41) is 18.5. The maximum absolute atomic E-state index is 11.1. The van der Waals surface area contributed by atoms with Gasteiger partial charge in [0, 0.05) is 15.1 Å². The van der Waals surface area contributed by atoms with E-state index in [1.54, 1.807) is 36.4 Å². The number of carbonyl (C=O) groups is 1. The second-order valence-corrected chi connectivity index (χ2v) is 5.84. The Labute approximate surface area is 123 Å². The number of benzene rings is 2. The molecule has 2 rings (SSSR count). The van der Waals surface area contributed by atoms with Crippen molar-refractivity contribution in [1.82, 2.24) is 0 Å². The van der Waals surface area contributed by atoms with Gasteiger partial charge in [-0.1, -0.05) is 28.1 Å². The summed E-state index contributed by atoms with van der Waals surface area (Å²) in [4.78, 5) is 11.8. The second-order valence-electron chi connectivity index (χ2n) is 3.90. The zero-order valence-corrected chi connectivity index (χ0v) is 12.2. The smallest absolute Gasteiger partial charge is 0.336 e. The van der Waals surface area contributed by atoms with E-state index in [1.165, 1.54) is 11.8 Å². The van der Waals surface area contributed by atoms with Gasteiger partial charge in [0.15, 0.2) is 0 Å². The predicted octanol–water partition coefficient (Wildman–Crippen LogP) is 4.15. The van der Waals surface area contributed by atoms with Crippen molar-refractivity contribution in [1.29, 1.82) is 0 Å². The predicted molar refractivity (Wildman–Crippen MR) is 78.8 cm³/mol. The third kappa shape index (κ3) is 3.75. The Hall–Kier alpha value is -1.46. The van der Waals surface area contributed by atoms with E-state index < -0.39 is 5.97 Å². The lowest BCUT2D eigenvalue weighted by Gasteiger charge is -2.07. The minimum atomic E-state index is -0.939. The van der Waals surface area contributed by atoms with Gasteiger partial charge in [-0.15, -0.1) is 11.8 Å². The number of phenols is 1. The van der Waals surface area contributed by atoms with E-state index in [1.807, 2.05) is 6.07 Å². The molecule has 2 N–H and O–H groups in total. The lowest BCUT2D eigenvalue weighted by molar-refractivity contribution is 0.0693. The van der Waals surface area contributed by atoms with E-state index >= 15 is 0 Å². The molecule has 0 aliphatic heterocycles. The number of phenolic OH excluding ortho intramolecular Hbond substituents is 1. The van der Waals surface area contributed by atoms with Gasteiger partial charge >= 0.3 is 5.97 Å². The van der Waals surface area contributed by atoms with E-state index in [0.29, 0.717) is 10.6 Å². The van der Waals surface area contributed by atoms with Crippen LogP contribution in [-0.2, 0) is 5.75 Å². The quantitative estimate of drug-likeness (QED) is 0.822. The summed E-state index contributed by atoms with van der Waals surface area (Å²) in [5.74, 6) is -0.123. The van der Waals surface area contributed by atoms with Crippen LogP contribution in [0.3, 0.4) is 0 Å². The van der Waals surface area contributed by atoms with Gasteiger partial charge in [-0.05, 0) is 35.9 Å². The third-order valence-corrected chi connectivity index (χ3v) is 4.10. The Morgan fingerprint density at radius 1 is 1.21 bits per heavy atom. The highest BCUT2D eigenvalue weighted by molar-refractivity contribution is 9.10. The molecule has 0 atom stereocenters. The van der Waals surface area contributed by atoms with Crippen LogP contribution in [0.15, 0.2) is 51.8 Å². The van der Waals surface area contributed by atoms with Crippen LogP contribution in [-0.4, -0.2) is 16.2 Å². The van der Waals surface area contributed by atoms with E-state index in [4.69, 9.17) is 5.11 Å². The molecule has 0 bridgehead atoms. The molecule has 0 aromatic heterocycles. The molecule has 3 nitrogen and oxygen atoms in total. The maximum Gasteiger partial charge on any atom is 0.336 e. The first-order chi connectivity index (χ1) is 9.06. The Kier molecular flexibility index (Phi) is 4.50. The van der Waals surface area contributed by atoms with Crippen LogP contribution in [0.5, 0.6) is 5.75 Å². The first-order valence-corrected chi connectivity index (χ1v) is 7.27. The van der Waals surface area contributed by atoms with Gasteiger partial charge in [0.25, 0.3) is 0 Å². The van der Waals surface area contributed by atoms with Gasteiger partial charge in [-0.25, -0.2) is 4.79 Å². The Morgan fingerprint density at radius 2 is 2.00 bits per heavy atom. The molecule has 0 saturated carbocycles. The molecule has 0 aliphatic rings. The topological polar surface area (TPSA) is 57.5 Å². The molecule has 19 heavy (non-hydrogen) atoms. The number of halogens is 1. The van der Waals surface area contributed by atoms with Crippen molar-refractivity contribution in [2.45, 2.75) is 10.6 Å². The van der Waals surface area contributed by atoms with Crippen molar-refractivity contribution in [3.63, 3.8) is 0 Å². The number of thioether (sulfide) groups is 1. The molecule has 0 spiro atoms. The molecule has 5 heteroatoms. The number of carboxylic acids is 1. The first-order valence-electron chi connectivity index (χ1n) is 5.50. The average Bonchev–Trinajstić information content (AvgIpc) is 2.36. The number of hydrogen-bond donors (Lipinski definition) is 2. The van der Waals surface area contributed by atoms with Crippen LogP contribution >= 0.6 is 27.7 Å². The number of aromatic hydroxyl groups is 1. The van der Waals surface area contributed by atoms with Crippen molar-refractivity contribution in [2.24, 2.45) is 0 Å². The van der Waals surface area contributed by atoms with Gasteiger partial charge in [-0.3, -0.25) is 0 Å². The molecule has 2 aromatic rings. The molecule has 0 fully saturated rings. The molecule has 0 amide bonds. The number of rotatable bonds is 4. The largest absolute Gasteiger partial charge is 0.508 e. The third-order valence-electron chi connectivity index (χ3n) is 2.48. The number of aromatic carboxylic acids is 1. The van der Waals surface area contributed by atoms with Crippen LogP contribution < -0.4 is 0 Å². The fourth-order valence-electron chi connectivity index (χ4n) is 1.60. The van der Waals surface area contributed by atoms with E-state index in [-0.39, 0.29) is 11.3 Å². The number of hydrogen-bond acceptors (Lipinski definition) is 3. The van der Waals surface area contributed by atoms with E-state index in [9.17, 15) is 9.90 Å². The average molecular weight is 339 g/mol. The van der Waals surface area contributed by atoms with Crippen LogP contribution in [0, 0.1) is 0 Å². The highest BCUT2D eigenvalue weighted by atomic mass is 79.9. The molecule has 98 valence electrons. The minimum Gasteiger partial charge on any atom is -0.508 e. The van der Waals surface area contributed by atoms with Gasteiger partial charge in [-0.2, -0.15) is 0 Å². The van der Waals surface area contributed by atoms with Crippen molar-refractivity contribution in [3.05, 3.63) is 58.1 Å².